The topological polar surface area (TPSA) is 26.0 Å². The van der Waals surface area contributed by atoms with Crippen molar-refractivity contribution in [2.75, 3.05) is 0 Å². The van der Waals surface area contributed by atoms with Gasteiger partial charge in [-0.2, -0.15) is 13.2 Å². The molecule has 16 heavy (non-hydrogen) atoms. The van der Waals surface area contributed by atoms with Gasteiger partial charge in [-0.15, -0.1) is 0 Å². The van der Waals surface area contributed by atoms with Gasteiger partial charge in [0.15, 0.2) is 0 Å². The lowest BCUT2D eigenvalue weighted by atomic mass is 10.1. The number of alkyl halides is 3. The van der Waals surface area contributed by atoms with Gasteiger partial charge in [-0.3, -0.25) is 0 Å². The summed E-state index contributed by atoms with van der Waals surface area (Å²) in [6.45, 7) is 0. The molecular weight excluding hydrogens is 290 g/mol. The summed E-state index contributed by atoms with van der Waals surface area (Å²) in [4.78, 5) is 0. The van der Waals surface area contributed by atoms with E-state index in [1.807, 2.05) is 0 Å². The van der Waals surface area contributed by atoms with Gasteiger partial charge in [0, 0.05) is 0 Å². The van der Waals surface area contributed by atoms with Crippen LogP contribution in [-0.4, -0.2) is 12.2 Å². The molecule has 1 nitrogen and oxygen atoms in total. The molecule has 1 rings (SSSR count). The summed E-state index contributed by atoms with van der Waals surface area (Å²) in [7, 11) is 0. The number of nitrogens with two attached hydrogens (primary N) is 1. The second kappa shape index (κ2) is 5.14. The molecule has 0 spiro atoms. The first-order chi connectivity index (χ1) is 7.30. The third-order valence-electron chi connectivity index (χ3n) is 2.15. The number of rotatable bonds is 3. The molecule has 1 aromatic rings. The Hall–Kier alpha value is -0.620. The smallest absolute Gasteiger partial charge is 0.320 e. The van der Waals surface area contributed by atoms with Crippen molar-refractivity contribution >= 4 is 15.9 Å². The molecule has 0 saturated carbocycles. The summed E-state index contributed by atoms with van der Waals surface area (Å²) < 4.78 is 49.4. The largest absolute Gasteiger partial charge is 0.403 e. The zero-order chi connectivity index (χ0) is 12.3. The Morgan fingerprint density at radius 3 is 2.44 bits per heavy atom. The van der Waals surface area contributed by atoms with Crippen molar-refractivity contribution in [1.29, 1.82) is 0 Å². The molecule has 0 aliphatic carbocycles. The summed E-state index contributed by atoms with van der Waals surface area (Å²) in [5.74, 6) is -0.441. The Labute approximate surface area is 98.8 Å². The van der Waals surface area contributed by atoms with E-state index >= 15 is 0 Å². The van der Waals surface area contributed by atoms with E-state index in [1.165, 1.54) is 18.2 Å². The van der Waals surface area contributed by atoms with Crippen molar-refractivity contribution in [2.24, 2.45) is 5.73 Å². The van der Waals surface area contributed by atoms with Crippen LogP contribution in [0.25, 0.3) is 0 Å². The van der Waals surface area contributed by atoms with Crippen molar-refractivity contribution in [3.63, 3.8) is 0 Å². The van der Waals surface area contributed by atoms with Gasteiger partial charge in [0.1, 0.15) is 11.9 Å². The Morgan fingerprint density at radius 2 is 1.94 bits per heavy atom. The number of benzene rings is 1. The molecule has 1 atom stereocenters. The monoisotopic (exact) mass is 299 g/mol. The minimum Gasteiger partial charge on any atom is -0.320 e. The molecule has 0 aromatic heterocycles. The first-order valence-electron chi connectivity index (χ1n) is 4.57. The summed E-state index contributed by atoms with van der Waals surface area (Å²) >= 11 is 2.96. The van der Waals surface area contributed by atoms with Gasteiger partial charge >= 0.3 is 6.18 Å². The quantitative estimate of drug-likeness (QED) is 0.851. The highest BCUT2D eigenvalue weighted by molar-refractivity contribution is 9.10. The SMILES string of the molecule is NC(CCc1ccc(F)c(Br)c1)C(F)(F)F. The lowest BCUT2D eigenvalue weighted by Gasteiger charge is -2.15. The molecule has 0 saturated heterocycles. The van der Waals surface area contributed by atoms with Crippen LogP contribution in [0.4, 0.5) is 17.6 Å². The number of hydrogen-bond donors (Lipinski definition) is 1. The standard InChI is InChI=1S/C10H10BrF4N/c11-7-5-6(1-3-8(7)12)2-4-9(16)10(13,14)15/h1,3,5,9H,2,4,16H2. The minimum atomic E-state index is -4.38. The Kier molecular flexibility index (Phi) is 4.32. The molecule has 1 aromatic carbocycles. The third-order valence-corrected chi connectivity index (χ3v) is 2.76. The Morgan fingerprint density at radius 1 is 1.31 bits per heavy atom. The zero-order valence-corrected chi connectivity index (χ0v) is 9.78. The van der Waals surface area contributed by atoms with Crippen molar-refractivity contribution in [2.45, 2.75) is 25.1 Å². The average Bonchev–Trinajstić information content (AvgIpc) is 2.18. The van der Waals surface area contributed by atoms with Gasteiger partial charge in [0.05, 0.1) is 4.47 Å². The lowest BCUT2D eigenvalue weighted by Crippen LogP contribution is -2.37. The van der Waals surface area contributed by atoms with Crippen LogP contribution in [0, 0.1) is 5.82 Å². The predicted octanol–water partition coefficient (Wildman–Crippen LogP) is 3.41. The highest BCUT2D eigenvalue weighted by Crippen LogP contribution is 2.23. The zero-order valence-electron chi connectivity index (χ0n) is 8.19. The molecule has 0 radical (unpaired) electrons. The Balaban J connectivity index is 2.58. The minimum absolute atomic E-state index is 0.166. The van der Waals surface area contributed by atoms with E-state index < -0.39 is 18.0 Å². The van der Waals surface area contributed by atoms with Crippen LogP contribution in [0.2, 0.25) is 0 Å². The van der Waals surface area contributed by atoms with Gasteiger partial charge in [0.2, 0.25) is 0 Å². The normalized spacial score (nSPS) is 13.9. The van der Waals surface area contributed by atoms with E-state index in [-0.39, 0.29) is 17.3 Å². The van der Waals surface area contributed by atoms with Crippen LogP contribution in [-0.2, 0) is 6.42 Å². The van der Waals surface area contributed by atoms with E-state index in [9.17, 15) is 17.6 Å². The maximum Gasteiger partial charge on any atom is 0.403 e. The fourth-order valence-electron chi connectivity index (χ4n) is 1.18. The number of halogens is 5. The fraction of sp³-hybridized carbons (Fsp3) is 0.400. The van der Waals surface area contributed by atoms with Gasteiger partial charge in [0.25, 0.3) is 0 Å². The van der Waals surface area contributed by atoms with Crippen LogP contribution in [0.5, 0.6) is 0 Å². The average molecular weight is 300 g/mol. The fourth-order valence-corrected chi connectivity index (χ4v) is 1.61. The molecule has 0 aliphatic heterocycles. The number of hydrogen-bond acceptors (Lipinski definition) is 1. The van der Waals surface area contributed by atoms with Crippen LogP contribution in [0.15, 0.2) is 22.7 Å². The van der Waals surface area contributed by atoms with E-state index in [4.69, 9.17) is 5.73 Å². The second-order valence-electron chi connectivity index (χ2n) is 3.44. The predicted molar refractivity (Wildman–Crippen MR) is 56.5 cm³/mol. The summed E-state index contributed by atoms with van der Waals surface area (Å²) in [5, 5.41) is 0. The first-order valence-corrected chi connectivity index (χ1v) is 5.36. The molecule has 0 bridgehead atoms. The molecule has 1 unspecified atom stereocenters. The maximum atomic E-state index is 12.8. The van der Waals surface area contributed by atoms with Crippen molar-refractivity contribution in [3.8, 4) is 0 Å². The second-order valence-corrected chi connectivity index (χ2v) is 4.29. The summed E-state index contributed by atoms with van der Waals surface area (Å²) in [6, 6.07) is 2.27. The van der Waals surface area contributed by atoms with Crippen molar-refractivity contribution in [1.82, 2.24) is 0 Å². The van der Waals surface area contributed by atoms with Gasteiger partial charge in [-0.25, -0.2) is 4.39 Å². The van der Waals surface area contributed by atoms with Crippen LogP contribution in [0.3, 0.4) is 0 Å². The molecule has 0 heterocycles. The van der Waals surface area contributed by atoms with E-state index in [2.05, 4.69) is 15.9 Å². The molecule has 2 N–H and O–H groups in total. The van der Waals surface area contributed by atoms with E-state index in [1.54, 1.807) is 0 Å². The van der Waals surface area contributed by atoms with Gasteiger partial charge < -0.3 is 5.73 Å². The summed E-state index contributed by atoms with van der Waals surface area (Å²) in [5.41, 5.74) is 5.57. The highest BCUT2D eigenvalue weighted by Gasteiger charge is 2.35. The number of aryl methyl sites for hydroxylation is 1. The van der Waals surface area contributed by atoms with Gasteiger partial charge in [-0.05, 0) is 46.5 Å². The highest BCUT2D eigenvalue weighted by atomic mass is 79.9. The third kappa shape index (κ3) is 3.75. The Bertz CT molecular complexity index is 364. The molecular formula is C10H10BrF4N. The molecule has 6 heteroatoms. The maximum absolute atomic E-state index is 12.8. The van der Waals surface area contributed by atoms with Gasteiger partial charge in [-0.1, -0.05) is 6.07 Å². The van der Waals surface area contributed by atoms with Crippen molar-refractivity contribution in [3.05, 3.63) is 34.1 Å². The van der Waals surface area contributed by atoms with Crippen LogP contribution in [0.1, 0.15) is 12.0 Å². The van der Waals surface area contributed by atoms with E-state index in [0.29, 0.717) is 5.56 Å². The molecule has 0 fully saturated rings. The summed E-state index contributed by atoms with van der Waals surface area (Å²) in [6.07, 6.45) is -4.42. The van der Waals surface area contributed by atoms with E-state index in [0.717, 1.165) is 0 Å². The molecule has 90 valence electrons. The van der Waals surface area contributed by atoms with Crippen LogP contribution < -0.4 is 5.73 Å². The molecule has 0 amide bonds. The van der Waals surface area contributed by atoms with Crippen molar-refractivity contribution < 1.29 is 17.6 Å². The molecule has 0 aliphatic rings. The first kappa shape index (κ1) is 13.4. The lowest BCUT2D eigenvalue weighted by molar-refractivity contribution is -0.148. The van der Waals surface area contributed by atoms with Crippen LogP contribution >= 0.6 is 15.9 Å².